The Morgan fingerprint density at radius 1 is 0.917 bits per heavy atom. The van der Waals surface area contributed by atoms with Crippen molar-refractivity contribution in [3.05, 3.63) is 60.4 Å². The monoisotopic (exact) mass is 321 g/mol. The summed E-state index contributed by atoms with van der Waals surface area (Å²) in [5.74, 6) is 1.05. The number of piperazine rings is 1. The van der Waals surface area contributed by atoms with Gasteiger partial charge in [0.25, 0.3) is 0 Å². The molecule has 0 saturated carbocycles. The predicted molar refractivity (Wildman–Crippen MR) is 96.4 cm³/mol. The lowest BCUT2D eigenvalue weighted by atomic mass is 10.1. The minimum Gasteiger partial charge on any atom is -0.353 e. The lowest BCUT2D eigenvalue weighted by Crippen LogP contribution is -2.47. The molecule has 3 heterocycles. The van der Waals surface area contributed by atoms with E-state index in [1.807, 2.05) is 16.8 Å². The van der Waals surface area contributed by atoms with Crippen molar-refractivity contribution in [2.75, 3.05) is 37.6 Å². The first-order chi connectivity index (χ1) is 11.9. The van der Waals surface area contributed by atoms with Crippen LogP contribution >= 0.6 is 0 Å². The second-order valence-corrected chi connectivity index (χ2v) is 6.34. The minimum atomic E-state index is 0.901. The van der Waals surface area contributed by atoms with Crippen molar-refractivity contribution < 1.29 is 0 Å². The Morgan fingerprint density at radius 3 is 2.58 bits per heavy atom. The number of aryl methyl sites for hydroxylation is 1. The molecule has 2 aromatic heterocycles. The van der Waals surface area contributed by atoms with Crippen LogP contribution in [0.25, 0.3) is 5.65 Å². The number of anilines is 1. The zero-order valence-electron chi connectivity index (χ0n) is 13.9. The molecule has 0 N–H and O–H groups in total. The van der Waals surface area contributed by atoms with Crippen LogP contribution < -0.4 is 4.90 Å². The van der Waals surface area contributed by atoms with E-state index in [1.54, 1.807) is 6.20 Å². The molecule has 0 unspecified atom stereocenters. The molecule has 0 bridgehead atoms. The van der Waals surface area contributed by atoms with Gasteiger partial charge in [-0.2, -0.15) is 0 Å². The van der Waals surface area contributed by atoms with E-state index in [9.17, 15) is 0 Å². The molecule has 24 heavy (non-hydrogen) atoms. The summed E-state index contributed by atoms with van der Waals surface area (Å²) in [4.78, 5) is 9.18. The zero-order chi connectivity index (χ0) is 16.2. The highest BCUT2D eigenvalue weighted by molar-refractivity contribution is 5.46. The van der Waals surface area contributed by atoms with E-state index in [1.165, 1.54) is 24.9 Å². The normalized spacial score (nSPS) is 15.9. The van der Waals surface area contributed by atoms with Crippen LogP contribution in [0.1, 0.15) is 12.0 Å². The quantitative estimate of drug-likeness (QED) is 0.723. The van der Waals surface area contributed by atoms with Crippen molar-refractivity contribution in [1.82, 2.24) is 19.5 Å². The lowest BCUT2D eigenvalue weighted by Gasteiger charge is -2.35. The highest BCUT2D eigenvalue weighted by Crippen LogP contribution is 2.14. The number of hydrogen-bond donors (Lipinski definition) is 0. The molecule has 1 aliphatic heterocycles. The molecule has 1 saturated heterocycles. The molecule has 0 aliphatic carbocycles. The van der Waals surface area contributed by atoms with Gasteiger partial charge in [0.2, 0.25) is 0 Å². The number of nitrogens with zero attached hydrogens (tertiary/aromatic N) is 5. The largest absolute Gasteiger partial charge is 0.353 e. The molecule has 1 aromatic carbocycles. The van der Waals surface area contributed by atoms with Crippen LogP contribution in [0.4, 0.5) is 5.82 Å². The molecular weight excluding hydrogens is 298 g/mol. The van der Waals surface area contributed by atoms with E-state index in [2.05, 4.69) is 56.3 Å². The summed E-state index contributed by atoms with van der Waals surface area (Å²) in [7, 11) is 0. The van der Waals surface area contributed by atoms with Crippen molar-refractivity contribution in [2.24, 2.45) is 0 Å². The highest BCUT2D eigenvalue weighted by Gasteiger charge is 2.18. The summed E-state index contributed by atoms with van der Waals surface area (Å²) in [6, 6.07) is 14.9. The van der Waals surface area contributed by atoms with Gasteiger partial charge in [0.15, 0.2) is 5.65 Å². The van der Waals surface area contributed by atoms with Crippen molar-refractivity contribution in [1.29, 1.82) is 0 Å². The van der Waals surface area contributed by atoms with Gasteiger partial charge in [-0.05, 0) is 37.1 Å². The molecule has 0 radical (unpaired) electrons. The van der Waals surface area contributed by atoms with E-state index < -0.39 is 0 Å². The van der Waals surface area contributed by atoms with Gasteiger partial charge in [0.05, 0.1) is 0 Å². The second kappa shape index (κ2) is 7.01. The molecule has 4 rings (SSSR count). The Morgan fingerprint density at radius 2 is 1.75 bits per heavy atom. The summed E-state index contributed by atoms with van der Waals surface area (Å²) in [6.07, 6.45) is 6.08. The third kappa shape index (κ3) is 3.41. The van der Waals surface area contributed by atoms with E-state index in [0.717, 1.165) is 37.6 Å². The third-order valence-electron chi connectivity index (χ3n) is 4.72. The van der Waals surface area contributed by atoms with Gasteiger partial charge in [0, 0.05) is 38.6 Å². The van der Waals surface area contributed by atoms with Gasteiger partial charge in [-0.3, -0.25) is 4.90 Å². The van der Waals surface area contributed by atoms with Crippen molar-refractivity contribution in [3.8, 4) is 0 Å². The van der Waals surface area contributed by atoms with Gasteiger partial charge in [-0.25, -0.2) is 9.50 Å². The molecule has 1 fully saturated rings. The predicted octanol–water partition coefficient (Wildman–Crippen LogP) is 2.48. The van der Waals surface area contributed by atoms with E-state index in [4.69, 9.17) is 0 Å². The summed E-state index contributed by atoms with van der Waals surface area (Å²) in [5.41, 5.74) is 2.34. The minimum absolute atomic E-state index is 0.901. The van der Waals surface area contributed by atoms with Gasteiger partial charge in [-0.15, -0.1) is 5.10 Å². The van der Waals surface area contributed by atoms with Crippen LogP contribution in [0, 0.1) is 0 Å². The van der Waals surface area contributed by atoms with Crippen LogP contribution in [0.15, 0.2) is 54.9 Å². The molecular formula is C19H23N5. The van der Waals surface area contributed by atoms with E-state index in [-0.39, 0.29) is 0 Å². The summed E-state index contributed by atoms with van der Waals surface area (Å²) >= 11 is 0. The first-order valence-electron chi connectivity index (χ1n) is 8.70. The second-order valence-electron chi connectivity index (χ2n) is 6.34. The Labute approximate surface area is 142 Å². The molecule has 124 valence electrons. The highest BCUT2D eigenvalue weighted by atomic mass is 15.3. The van der Waals surface area contributed by atoms with Crippen LogP contribution in [-0.4, -0.2) is 52.2 Å². The fourth-order valence-electron chi connectivity index (χ4n) is 3.33. The topological polar surface area (TPSA) is 36.7 Å². The van der Waals surface area contributed by atoms with E-state index >= 15 is 0 Å². The Balaban J connectivity index is 1.27. The third-order valence-corrected chi connectivity index (χ3v) is 4.72. The molecule has 0 spiro atoms. The zero-order valence-corrected chi connectivity index (χ0v) is 13.9. The van der Waals surface area contributed by atoms with Crippen molar-refractivity contribution in [3.63, 3.8) is 0 Å². The van der Waals surface area contributed by atoms with Gasteiger partial charge < -0.3 is 4.90 Å². The number of benzene rings is 1. The van der Waals surface area contributed by atoms with Crippen LogP contribution in [0.3, 0.4) is 0 Å². The van der Waals surface area contributed by atoms with Crippen molar-refractivity contribution >= 4 is 11.5 Å². The van der Waals surface area contributed by atoms with Gasteiger partial charge in [0.1, 0.15) is 5.82 Å². The standard InChI is InChI=1S/C19H23N5/c1-2-5-17(6-3-1)7-4-11-22-13-15-23(16-14-22)19-9-8-18-20-10-12-24(18)21-19/h1-3,5-6,8-10,12H,4,7,11,13-16H2. The molecule has 5 heteroatoms. The molecule has 5 nitrogen and oxygen atoms in total. The maximum absolute atomic E-state index is 4.65. The maximum Gasteiger partial charge on any atom is 0.153 e. The molecule has 3 aromatic rings. The van der Waals surface area contributed by atoms with Crippen molar-refractivity contribution in [2.45, 2.75) is 12.8 Å². The molecule has 0 amide bonds. The van der Waals surface area contributed by atoms with E-state index in [0.29, 0.717) is 0 Å². The number of rotatable bonds is 5. The summed E-state index contributed by atoms with van der Waals surface area (Å²) in [5, 5.41) is 4.65. The Kier molecular flexibility index (Phi) is 4.42. The number of imidazole rings is 1. The maximum atomic E-state index is 4.65. The fourth-order valence-corrected chi connectivity index (χ4v) is 3.33. The average Bonchev–Trinajstić information content (AvgIpc) is 3.11. The van der Waals surface area contributed by atoms with Gasteiger partial charge >= 0.3 is 0 Å². The smallest absolute Gasteiger partial charge is 0.153 e. The molecule has 1 aliphatic rings. The fraction of sp³-hybridized carbons (Fsp3) is 0.368. The summed E-state index contributed by atoms with van der Waals surface area (Å²) < 4.78 is 1.85. The first kappa shape index (κ1) is 15.1. The number of fused-ring (bicyclic) bond motifs is 1. The number of hydrogen-bond acceptors (Lipinski definition) is 4. The molecule has 0 atom stereocenters. The van der Waals surface area contributed by atoms with Gasteiger partial charge in [-0.1, -0.05) is 30.3 Å². The number of aromatic nitrogens is 3. The average molecular weight is 321 g/mol. The van der Waals surface area contributed by atoms with Crippen LogP contribution in [0.2, 0.25) is 0 Å². The SMILES string of the molecule is c1ccc(CCCN2CCN(c3ccc4nccn4n3)CC2)cc1. The van der Waals surface area contributed by atoms with Crippen LogP contribution in [0.5, 0.6) is 0 Å². The Hall–Kier alpha value is -2.40. The van der Waals surface area contributed by atoms with Crippen LogP contribution in [-0.2, 0) is 6.42 Å². The Bertz CT molecular complexity index is 775. The first-order valence-corrected chi connectivity index (χ1v) is 8.70. The summed E-state index contributed by atoms with van der Waals surface area (Å²) in [6.45, 7) is 5.48. The lowest BCUT2D eigenvalue weighted by molar-refractivity contribution is 0.254.